The molecule has 0 aliphatic carbocycles. The van der Waals surface area contributed by atoms with Crippen LogP contribution in [0.5, 0.6) is 5.75 Å². The summed E-state index contributed by atoms with van der Waals surface area (Å²) in [7, 11) is 1.65. The molecule has 102 valence electrons. The van der Waals surface area contributed by atoms with Crippen molar-refractivity contribution in [2.24, 2.45) is 0 Å². The van der Waals surface area contributed by atoms with E-state index in [9.17, 15) is 9.59 Å². The van der Waals surface area contributed by atoms with Crippen molar-refractivity contribution >= 4 is 17.6 Å². The SMILES string of the molecule is CN1C(=O)COc2ccc(-c3cc(C(=O)O)on3)cc21. The quantitative estimate of drug-likeness (QED) is 0.889. The molecule has 0 saturated heterocycles. The standard InChI is InChI=1S/C13H10N2O5/c1-15-9-4-7(2-3-10(9)19-6-12(15)16)8-5-11(13(17)18)20-14-8/h2-5H,6H2,1H3,(H,17,18). The van der Waals surface area contributed by atoms with Gasteiger partial charge in [-0.25, -0.2) is 4.79 Å². The third-order valence-corrected chi connectivity index (χ3v) is 3.06. The Hall–Kier alpha value is -2.83. The number of fused-ring (bicyclic) bond motifs is 1. The number of rotatable bonds is 2. The number of anilines is 1. The Balaban J connectivity index is 2.03. The Kier molecular flexibility index (Phi) is 2.67. The van der Waals surface area contributed by atoms with E-state index in [0.717, 1.165) is 0 Å². The number of carboxylic acids is 1. The summed E-state index contributed by atoms with van der Waals surface area (Å²) < 4.78 is 10.0. The Morgan fingerprint density at radius 2 is 2.20 bits per heavy atom. The van der Waals surface area contributed by atoms with Gasteiger partial charge in [0, 0.05) is 18.7 Å². The third-order valence-electron chi connectivity index (χ3n) is 3.06. The molecule has 0 fully saturated rings. The number of likely N-dealkylation sites (N-methyl/N-ethyl adjacent to an activating group) is 1. The number of ether oxygens (including phenoxy) is 1. The molecule has 0 radical (unpaired) electrons. The second-order valence-corrected chi connectivity index (χ2v) is 4.31. The van der Waals surface area contributed by atoms with E-state index in [1.807, 2.05) is 0 Å². The first kappa shape index (κ1) is 12.2. The van der Waals surface area contributed by atoms with Gasteiger partial charge >= 0.3 is 5.97 Å². The molecule has 1 aromatic carbocycles. The van der Waals surface area contributed by atoms with Crippen molar-refractivity contribution in [3.8, 4) is 17.0 Å². The second-order valence-electron chi connectivity index (χ2n) is 4.31. The number of carbonyl (C=O) groups excluding carboxylic acids is 1. The van der Waals surface area contributed by atoms with Crippen LogP contribution in [0.15, 0.2) is 28.8 Å². The molecule has 7 heteroatoms. The molecule has 0 unspecified atom stereocenters. The lowest BCUT2D eigenvalue weighted by atomic mass is 10.1. The van der Waals surface area contributed by atoms with Gasteiger partial charge in [-0.05, 0) is 18.2 Å². The summed E-state index contributed by atoms with van der Waals surface area (Å²) in [5.74, 6) is -0.977. The van der Waals surface area contributed by atoms with Gasteiger partial charge in [-0.3, -0.25) is 4.79 Å². The molecular formula is C13H10N2O5. The second kappa shape index (κ2) is 4.37. The van der Waals surface area contributed by atoms with E-state index in [4.69, 9.17) is 14.4 Å². The van der Waals surface area contributed by atoms with Gasteiger partial charge in [0.1, 0.15) is 11.4 Å². The van der Waals surface area contributed by atoms with Gasteiger partial charge < -0.3 is 19.3 Å². The monoisotopic (exact) mass is 274 g/mol. The van der Waals surface area contributed by atoms with Crippen molar-refractivity contribution in [2.45, 2.75) is 0 Å². The van der Waals surface area contributed by atoms with Crippen LogP contribution in [0, 0.1) is 0 Å². The van der Waals surface area contributed by atoms with E-state index in [-0.39, 0.29) is 18.3 Å². The van der Waals surface area contributed by atoms with Gasteiger partial charge in [0.2, 0.25) is 5.76 Å². The zero-order chi connectivity index (χ0) is 14.3. The van der Waals surface area contributed by atoms with Crippen molar-refractivity contribution in [1.82, 2.24) is 5.16 Å². The first-order chi connectivity index (χ1) is 9.56. The van der Waals surface area contributed by atoms with Gasteiger partial charge in [0.25, 0.3) is 5.91 Å². The molecule has 2 aromatic rings. The maximum absolute atomic E-state index is 11.6. The van der Waals surface area contributed by atoms with Gasteiger partial charge in [0.15, 0.2) is 6.61 Å². The fourth-order valence-electron chi connectivity index (χ4n) is 1.94. The average molecular weight is 274 g/mol. The molecule has 1 aromatic heterocycles. The van der Waals surface area contributed by atoms with E-state index in [0.29, 0.717) is 22.7 Å². The van der Waals surface area contributed by atoms with Crippen molar-refractivity contribution in [3.05, 3.63) is 30.0 Å². The third kappa shape index (κ3) is 1.89. The van der Waals surface area contributed by atoms with E-state index >= 15 is 0 Å². The summed E-state index contributed by atoms with van der Waals surface area (Å²) >= 11 is 0. The maximum Gasteiger partial charge on any atom is 0.374 e. The van der Waals surface area contributed by atoms with E-state index in [2.05, 4.69) is 5.16 Å². The van der Waals surface area contributed by atoms with Crippen LogP contribution in [0.1, 0.15) is 10.6 Å². The lowest BCUT2D eigenvalue weighted by molar-refractivity contribution is -0.120. The predicted molar refractivity (Wildman–Crippen MR) is 67.8 cm³/mol. The van der Waals surface area contributed by atoms with Crippen LogP contribution in [0.2, 0.25) is 0 Å². The highest BCUT2D eigenvalue weighted by Crippen LogP contribution is 2.35. The van der Waals surface area contributed by atoms with Crippen molar-refractivity contribution in [1.29, 1.82) is 0 Å². The maximum atomic E-state index is 11.6. The topological polar surface area (TPSA) is 92.9 Å². The van der Waals surface area contributed by atoms with Crippen LogP contribution in [0.3, 0.4) is 0 Å². The average Bonchev–Trinajstić information content (AvgIpc) is 2.93. The Bertz CT molecular complexity index is 707. The van der Waals surface area contributed by atoms with E-state index in [1.54, 1.807) is 25.2 Å². The van der Waals surface area contributed by atoms with Gasteiger partial charge in [0.05, 0.1) is 5.69 Å². The molecule has 1 aliphatic heterocycles. The Morgan fingerprint density at radius 3 is 2.90 bits per heavy atom. The number of aromatic nitrogens is 1. The van der Waals surface area contributed by atoms with Crippen LogP contribution >= 0.6 is 0 Å². The molecule has 0 saturated carbocycles. The number of amides is 1. The molecule has 1 amide bonds. The fourth-order valence-corrected chi connectivity index (χ4v) is 1.94. The van der Waals surface area contributed by atoms with Crippen molar-refractivity contribution < 1.29 is 24.0 Å². The zero-order valence-corrected chi connectivity index (χ0v) is 10.5. The summed E-state index contributed by atoms with van der Waals surface area (Å²) in [6.45, 7) is 0.00989. The highest BCUT2D eigenvalue weighted by atomic mass is 16.5. The van der Waals surface area contributed by atoms with Gasteiger partial charge in [-0.15, -0.1) is 0 Å². The predicted octanol–water partition coefficient (Wildman–Crippen LogP) is 1.39. The number of nitrogens with zero attached hydrogens (tertiary/aromatic N) is 2. The Labute approximate surface area is 113 Å². The molecule has 0 spiro atoms. The smallest absolute Gasteiger partial charge is 0.374 e. The van der Waals surface area contributed by atoms with E-state index in [1.165, 1.54) is 11.0 Å². The van der Waals surface area contributed by atoms with Gasteiger partial charge in [-0.1, -0.05) is 5.16 Å². The van der Waals surface area contributed by atoms with Crippen LogP contribution in [-0.4, -0.2) is 35.8 Å². The highest BCUT2D eigenvalue weighted by molar-refractivity contribution is 5.98. The largest absolute Gasteiger partial charge is 0.482 e. The van der Waals surface area contributed by atoms with Crippen LogP contribution in [-0.2, 0) is 4.79 Å². The molecule has 20 heavy (non-hydrogen) atoms. The lowest BCUT2D eigenvalue weighted by Crippen LogP contribution is -2.35. The van der Waals surface area contributed by atoms with Crippen LogP contribution in [0.25, 0.3) is 11.3 Å². The minimum atomic E-state index is -1.18. The van der Waals surface area contributed by atoms with E-state index < -0.39 is 5.97 Å². The zero-order valence-electron chi connectivity index (χ0n) is 10.5. The summed E-state index contributed by atoms with van der Waals surface area (Å²) in [6.07, 6.45) is 0. The normalized spacial score (nSPS) is 13.8. The van der Waals surface area contributed by atoms with Crippen LogP contribution in [0.4, 0.5) is 5.69 Å². The summed E-state index contributed by atoms with van der Waals surface area (Å²) in [5, 5.41) is 12.5. The number of aromatic carboxylic acids is 1. The van der Waals surface area contributed by atoms with Crippen molar-refractivity contribution in [2.75, 3.05) is 18.6 Å². The van der Waals surface area contributed by atoms with Crippen LogP contribution < -0.4 is 9.64 Å². The lowest BCUT2D eigenvalue weighted by Gasteiger charge is -2.26. The molecule has 1 aliphatic rings. The van der Waals surface area contributed by atoms with Gasteiger partial charge in [-0.2, -0.15) is 0 Å². The van der Waals surface area contributed by atoms with Crippen molar-refractivity contribution in [3.63, 3.8) is 0 Å². The number of carboxylic acid groups (broad SMARTS) is 1. The number of carbonyl (C=O) groups is 2. The number of benzene rings is 1. The number of hydrogen-bond donors (Lipinski definition) is 1. The minimum Gasteiger partial charge on any atom is -0.482 e. The summed E-state index contributed by atoms with van der Waals surface area (Å²) in [4.78, 5) is 23.8. The molecule has 2 heterocycles. The summed E-state index contributed by atoms with van der Waals surface area (Å²) in [6, 6.07) is 6.47. The Morgan fingerprint density at radius 1 is 1.40 bits per heavy atom. The molecule has 0 atom stereocenters. The molecule has 1 N–H and O–H groups in total. The molecular weight excluding hydrogens is 264 g/mol. The summed E-state index contributed by atoms with van der Waals surface area (Å²) in [5.41, 5.74) is 1.64. The highest BCUT2D eigenvalue weighted by Gasteiger charge is 2.23. The molecule has 3 rings (SSSR count). The molecule has 7 nitrogen and oxygen atoms in total. The minimum absolute atomic E-state index is 0.00989. The molecule has 0 bridgehead atoms. The first-order valence-corrected chi connectivity index (χ1v) is 5.80. The number of hydrogen-bond acceptors (Lipinski definition) is 5. The fraction of sp³-hybridized carbons (Fsp3) is 0.154. The first-order valence-electron chi connectivity index (χ1n) is 5.80.